The van der Waals surface area contributed by atoms with Crippen LogP contribution in [0.25, 0.3) is 11.3 Å². The van der Waals surface area contributed by atoms with Crippen molar-refractivity contribution in [2.75, 3.05) is 13.6 Å². The van der Waals surface area contributed by atoms with E-state index >= 15 is 0 Å². The molecular weight excluding hydrogens is 391 g/mol. The summed E-state index contributed by atoms with van der Waals surface area (Å²) in [6.45, 7) is -0.182. The Morgan fingerprint density at radius 2 is 1.93 bits per heavy atom. The van der Waals surface area contributed by atoms with Gasteiger partial charge >= 0.3 is 0 Å². The van der Waals surface area contributed by atoms with Crippen LogP contribution in [0.1, 0.15) is 5.76 Å². The zero-order valence-electron chi connectivity index (χ0n) is 14.4. The van der Waals surface area contributed by atoms with Crippen molar-refractivity contribution in [3.8, 4) is 11.3 Å². The average molecular weight is 408 g/mol. The molecule has 1 N–H and O–H groups in total. The molecule has 2 aromatic heterocycles. The number of hydrogen-bond acceptors (Lipinski definition) is 5. The van der Waals surface area contributed by atoms with Crippen molar-refractivity contribution in [2.45, 2.75) is 10.8 Å². The van der Waals surface area contributed by atoms with Gasteiger partial charge in [-0.25, -0.2) is 12.8 Å². The lowest BCUT2D eigenvalue weighted by molar-refractivity contribution is -0.121. The summed E-state index contributed by atoms with van der Waals surface area (Å²) in [5, 5.41) is 4.29. The molecule has 0 spiro atoms. The molecule has 0 aliphatic carbocycles. The number of rotatable bonds is 7. The number of thiophene rings is 1. The standard InChI is InChI=1S/C18H17FN2O4S2/c1-21(27(23,24)18-3-2-10-26-18)12-17(22)20-11-15-8-9-16(25-15)13-4-6-14(19)7-5-13/h2-10H,11-12H2,1H3,(H,20,22). The van der Waals surface area contributed by atoms with Crippen LogP contribution in [0.15, 0.2) is 62.5 Å². The first-order valence-electron chi connectivity index (χ1n) is 7.97. The Balaban J connectivity index is 1.56. The second-order valence-electron chi connectivity index (χ2n) is 5.74. The van der Waals surface area contributed by atoms with Crippen molar-refractivity contribution in [1.82, 2.24) is 9.62 Å². The van der Waals surface area contributed by atoms with Gasteiger partial charge < -0.3 is 9.73 Å². The molecule has 2 heterocycles. The Labute approximate surface area is 160 Å². The zero-order chi connectivity index (χ0) is 19.4. The first-order valence-corrected chi connectivity index (χ1v) is 10.3. The first-order chi connectivity index (χ1) is 12.9. The van der Waals surface area contributed by atoms with Crippen molar-refractivity contribution < 1.29 is 22.0 Å². The molecule has 0 fully saturated rings. The lowest BCUT2D eigenvalue weighted by Crippen LogP contribution is -2.37. The maximum absolute atomic E-state index is 13.0. The summed E-state index contributed by atoms with van der Waals surface area (Å²) in [5.74, 6) is 0.278. The second kappa shape index (κ2) is 8.03. The lowest BCUT2D eigenvalue weighted by atomic mass is 10.2. The molecule has 0 saturated carbocycles. The molecule has 0 bridgehead atoms. The molecule has 0 aliphatic rings. The number of furan rings is 1. The first kappa shape index (κ1) is 19.3. The highest BCUT2D eigenvalue weighted by Gasteiger charge is 2.23. The fraction of sp³-hybridized carbons (Fsp3) is 0.167. The quantitative estimate of drug-likeness (QED) is 0.652. The summed E-state index contributed by atoms with van der Waals surface area (Å²) in [6.07, 6.45) is 0. The van der Waals surface area contributed by atoms with Crippen molar-refractivity contribution in [3.63, 3.8) is 0 Å². The van der Waals surface area contributed by atoms with Crippen LogP contribution in [0.3, 0.4) is 0 Å². The normalized spacial score (nSPS) is 11.7. The van der Waals surface area contributed by atoms with E-state index in [-0.39, 0.29) is 23.1 Å². The third-order valence-electron chi connectivity index (χ3n) is 3.78. The number of amides is 1. The van der Waals surface area contributed by atoms with E-state index in [0.717, 1.165) is 21.2 Å². The van der Waals surface area contributed by atoms with E-state index in [0.29, 0.717) is 11.5 Å². The highest BCUT2D eigenvalue weighted by atomic mass is 32.2. The number of benzene rings is 1. The summed E-state index contributed by atoms with van der Waals surface area (Å²) >= 11 is 1.10. The highest BCUT2D eigenvalue weighted by molar-refractivity contribution is 7.91. The minimum Gasteiger partial charge on any atom is -0.459 e. The van der Waals surface area contributed by atoms with Crippen LogP contribution in [0.4, 0.5) is 4.39 Å². The fourth-order valence-corrected chi connectivity index (χ4v) is 4.66. The van der Waals surface area contributed by atoms with Crippen LogP contribution >= 0.6 is 11.3 Å². The van der Waals surface area contributed by atoms with E-state index in [9.17, 15) is 17.6 Å². The number of carbonyl (C=O) groups excluding carboxylic acids is 1. The largest absolute Gasteiger partial charge is 0.459 e. The molecule has 9 heteroatoms. The Kier molecular flexibility index (Phi) is 5.73. The van der Waals surface area contributed by atoms with Crippen molar-refractivity contribution >= 4 is 27.3 Å². The molecule has 0 radical (unpaired) electrons. The number of sulfonamides is 1. The van der Waals surface area contributed by atoms with Gasteiger partial charge in [0.15, 0.2) is 0 Å². The number of carbonyl (C=O) groups is 1. The molecule has 0 saturated heterocycles. The fourth-order valence-electron chi connectivity index (χ4n) is 2.33. The molecule has 0 atom stereocenters. The molecule has 3 aromatic rings. The summed E-state index contributed by atoms with van der Waals surface area (Å²) in [6, 6.07) is 12.4. The summed E-state index contributed by atoms with van der Waals surface area (Å²) in [5.41, 5.74) is 0.718. The van der Waals surface area contributed by atoms with E-state index in [1.807, 2.05) is 0 Å². The Bertz CT molecular complexity index is 1010. The Morgan fingerprint density at radius 1 is 1.19 bits per heavy atom. The maximum Gasteiger partial charge on any atom is 0.252 e. The SMILES string of the molecule is CN(CC(=O)NCc1ccc(-c2ccc(F)cc2)o1)S(=O)(=O)c1cccs1. The molecule has 1 aromatic carbocycles. The van der Waals surface area contributed by atoms with Gasteiger partial charge in [0.2, 0.25) is 5.91 Å². The van der Waals surface area contributed by atoms with Crippen LogP contribution in [0.2, 0.25) is 0 Å². The van der Waals surface area contributed by atoms with Crippen LogP contribution in [-0.2, 0) is 21.4 Å². The molecule has 0 aliphatic heterocycles. The highest BCUT2D eigenvalue weighted by Crippen LogP contribution is 2.22. The van der Waals surface area contributed by atoms with Crippen LogP contribution in [-0.4, -0.2) is 32.2 Å². The molecule has 1 amide bonds. The number of likely N-dealkylation sites (N-methyl/N-ethyl adjacent to an activating group) is 1. The van der Waals surface area contributed by atoms with E-state index in [2.05, 4.69) is 5.32 Å². The molecule has 27 heavy (non-hydrogen) atoms. The van der Waals surface area contributed by atoms with Gasteiger partial charge in [0, 0.05) is 12.6 Å². The predicted molar refractivity (Wildman–Crippen MR) is 100 cm³/mol. The van der Waals surface area contributed by atoms with Crippen molar-refractivity contribution in [3.05, 3.63) is 65.5 Å². The lowest BCUT2D eigenvalue weighted by Gasteiger charge is -2.15. The summed E-state index contributed by atoms with van der Waals surface area (Å²) < 4.78 is 44.4. The van der Waals surface area contributed by atoms with Crippen molar-refractivity contribution in [2.24, 2.45) is 0 Å². The van der Waals surface area contributed by atoms with Gasteiger partial charge in [-0.15, -0.1) is 11.3 Å². The molecule has 6 nitrogen and oxygen atoms in total. The maximum atomic E-state index is 13.0. The van der Waals surface area contributed by atoms with Crippen LogP contribution < -0.4 is 5.32 Å². The van der Waals surface area contributed by atoms with E-state index in [1.165, 1.54) is 25.2 Å². The number of nitrogens with zero attached hydrogens (tertiary/aromatic N) is 1. The smallest absolute Gasteiger partial charge is 0.252 e. The number of hydrogen-bond donors (Lipinski definition) is 1. The van der Waals surface area contributed by atoms with Gasteiger partial charge in [-0.2, -0.15) is 4.31 Å². The van der Waals surface area contributed by atoms with Gasteiger partial charge in [-0.3, -0.25) is 4.79 Å². The predicted octanol–water partition coefficient (Wildman–Crippen LogP) is 3.08. The number of halogens is 1. The molecular formula is C18H17FN2O4S2. The van der Waals surface area contributed by atoms with E-state index in [1.54, 1.807) is 35.7 Å². The van der Waals surface area contributed by atoms with Gasteiger partial charge in [-0.1, -0.05) is 6.07 Å². The van der Waals surface area contributed by atoms with Crippen LogP contribution in [0.5, 0.6) is 0 Å². The number of nitrogens with one attached hydrogen (secondary N) is 1. The third-order valence-corrected chi connectivity index (χ3v) is 6.95. The summed E-state index contributed by atoms with van der Waals surface area (Å²) in [4.78, 5) is 12.1. The topological polar surface area (TPSA) is 79.6 Å². The zero-order valence-corrected chi connectivity index (χ0v) is 16.0. The third kappa shape index (κ3) is 4.62. The van der Waals surface area contributed by atoms with Gasteiger partial charge in [0.1, 0.15) is 21.5 Å². The van der Waals surface area contributed by atoms with Crippen molar-refractivity contribution in [1.29, 1.82) is 0 Å². The average Bonchev–Trinajstić information content (AvgIpc) is 3.33. The second-order valence-corrected chi connectivity index (χ2v) is 8.96. The van der Waals surface area contributed by atoms with Gasteiger partial charge in [0.05, 0.1) is 13.1 Å². The summed E-state index contributed by atoms with van der Waals surface area (Å²) in [7, 11) is -2.32. The van der Waals surface area contributed by atoms with Crippen LogP contribution in [0, 0.1) is 5.82 Å². The molecule has 3 rings (SSSR count). The van der Waals surface area contributed by atoms with Gasteiger partial charge in [0.25, 0.3) is 10.0 Å². The minimum absolute atomic E-state index is 0.118. The monoisotopic (exact) mass is 408 g/mol. The molecule has 142 valence electrons. The Hall–Kier alpha value is -2.49. The molecule has 0 unspecified atom stereocenters. The van der Waals surface area contributed by atoms with Gasteiger partial charge in [-0.05, 0) is 47.8 Å². The van der Waals surface area contributed by atoms with E-state index in [4.69, 9.17) is 4.42 Å². The Morgan fingerprint density at radius 3 is 2.59 bits per heavy atom. The van der Waals surface area contributed by atoms with E-state index < -0.39 is 15.9 Å². The minimum atomic E-state index is -3.67.